The Morgan fingerprint density at radius 2 is 1.82 bits per heavy atom. The molecule has 0 radical (unpaired) electrons. The molecule has 1 atom stereocenters. The zero-order valence-corrected chi connectivity index (χ0v) is 19.1. The number of para-hydroxylation sites is 1. The third-order valence-corrected chi connectivity index (χ3v) is 5.70. The fourth-order valence-electron chi connectivity index (χ4n) is 3.98. The average Bonchev–Trinajstić information content (AvgIpc) is 3.24. The Kier molecular flexibility index (Phi) is 6.26. The maximum absolute atomic E-state index is 13.6. The number of hydrogen-bond donors (Lipinski definition) is 0. The van der Waals surface area contributed by atoms with Crippen LogP contribution in [-0.2, 0) is 4.79 Å². The number of fused-ring (bicyclic) bond motifs is 1. The molecule has 0 unspecified atom stereocenters. The van der Waals surface area contributed by atoms with E-state index >= 15 is 0 Å². The summed E-state index contributed by atoms with van der Waals surface area (Å²) in [6.07, 6.45) is 0.388. The topological polar surface area (TPSA) is 90.5 Å². The van der Waals surface area contributed by atoms with Gasteiger partial charge in [0.15, 0.2) is 5.52 Å². The van der Waals surface area contributed by atoms with Crippen molar-refractivity contribution in [2.45, 2.75) is 33.2 Å². The van der Waals surface area contributed by atoms with Crippen molar-refractivity contribution in [3.05, 3.63) is 70.7 Å². The minimum Gasteiger partial charge on any atom is -0.497 e. The molecule has 2 heterocycles. The number of rotatable bonds is 7. The molecule has 4 aromatic rings. The minimum absolute atomic E-state index is 0.155. The van der Waals surface area contributed by atoms with Crippen molar-refractivity contribution < 1.29 is 14.1 Å². The summed E-state index contributed by atoms with van der Waals surface area (Å²) in [6.45, 7) is 5.97. The number of amides is 1. The van der Waals surface area contributed by atoms with Gasteiger partial charge in [-0.15, -0.1) is 0 Å². The quantitative estimate of drug-likeness (QED) is 0.419. The minimum atomic E-state index is -0.795. The van der Waals surface area contributed by atoms with Crippen molar-refractivity contribution in [2.24, 2.45) is 0 Å². The van der Waals surface area contributed by atoms with Gasteiger partial charge >= 0.3 is 0 Å². The summed E-state index contributed by atoms with van der Waals surface area (Å²) in [4.78, 5) is 28.6. The lowest BCUT2D eigenvalue weighted by Gasteiger charge is -2.26. The second-order valence-electron chi connectivity index (χ2n) is 7.63. The van der Waals surface area contributed by atoms with Gasteiger partial charge in [0.25, 0.3) is 11.5 Å². The van der Waals surface area contributed by atoms with Crippen LogP contribution in [0.1, 0.15) is 32.1 Å². The first-order valence-electron chi connectivity index (χ1n) is 10.9. The van der Waals surface area contributed by atoms with Crippen LogP contribution in [0.15, 0.2) is 63.9 Å². The molecule has 0 aliphatic heterocycles. The predicted octanol–water partition coefficient (Wildman–Crippen LogP) is 4.37. The predicted molar refractivity (Wildman–Crippen MR) is 127 cm³/mol. The van der Waals surface area contributed by atoms with Gasteiger partial charge in [-0.05, 0) is 56.7 Å². The van der Waals surface area contributed by atoms with E-state index in [1.54, 1.807) is 18.9 Å². The Labute approximate surface area is 191 Å². The monoisotopic (exact) mass is 446 g/mol. The smallest absolute Gasteiger partial charge is 0.297 e. The number of carbonyl (C=O) groups excluding carboxylic acids is 1. The third-order valence-electron chi connectivity index (χ3n) is 5.70. The van der Waals surface area contributed by atoms with Gasteiger partial charge in [0.2, 0.25) is 0 Å². The Morgan fingerprint density at radius 3 is 2.42 bits per heavy atom. The van der Waals surface area contributed by atoms with Crippen molar-refractivity contribution in [1.82, 2.24) is 14.9 Å². The van der Waals surface area contributed by atoms with E-state index in [1.807, 2.05) is 68.4 Å². The van der Waals surface area contributed by atoms with Crippen molar-refractivity contribution in [1.29, 1.82) is 0 Å². The second kappa shape index (κ2) is 9.28. The van der Waals surface area contributed by atoms with E-state index in [4.69, 9.17) is 9.26 Å². The number of hydrogen-bond acceptors (Lipinski definition) is 6. The highest BCUT2D eigenvalue weighted by Gasteiger charge is 2.29. The molecule has 8 heteroatoms. The van der Waals surface area contributed by atoms with Crippen LogP contribution in [0.5, 0.6) is 5.75 Å². The van der Waals surface area contributed by atoms with E-state index in [0.717, 1.165) is 11.3 Å². The van der Waals surface area contributed by atoms with Gasteiger partial charge in [-0.2, -0.15) is 5.10 Å². The van der Waals surface area contributed by atoms with Crippen LogP contribution in [0.3, 0.4) is 0 Å². The summed E-state index contributed by atoms with van der Waals surface area (Å²) in [7, 11) is 1.60. The normalized spacial score (nSPS) is 12.0. The molecule has 170 valence electrons. The molecule has 1 amide bonds. The maximum Gasteiger partial charge on any atom is 0.297 e. The van der Waals surface area contributed by atoms with Crippen LogP contribution >= 0.6 is 0 Å². The molecular weight excluding hydrogens is 420 g/mol. The number of aryl methyl sites for hydroxylation is 1. The van der Waals surface area contributed by atoms with Crippen LogP contribution < -0.4 is 15.2 Å². The summed E-state index contributed by atoms with van der Waals surface area (Å²) in [6, 6.07) is 15.9. The highest BCUT2D eigenvalue weighted by molar-refractivity contribution is 5.97. The number of likely N-dealkylation sites (N-methyl/N-ethyl adjacent to an activating group) is 1. The fourth-order valence-corrected chi connectivity index (χ4v) is 3.98. The molecule has 8 nitrogen and oxygen atoms in total. The van der Waals surface area contributed by atoms with Gasteiger partial charge in [0, 0.05) is 17.8 Å². The Morgan fingerprint density at radius 1 is 1.12 bits per heavy atom. The zero-order chi connectivity index (χ0) is 23.5. The lowest BCUT2D eigenvalue weighted by atomic mass is 10.1. The number of ether oxygens (including phenoxy) is 1. The van der Waals surface area contributed by atoms with E-state index in [0.29, 0.717) is 35.6 Å². The van der Waals surface area contributed by atoms with Crippen molar-refractivity contribution in [2.75, 3.05) is 18.6 Å². The first-order valence-corrected chi connectivity index (χ1v) is 10.9. The van der Waals surface area contributed by atoms with Gasteiger partial charge in [-0.25, -0.2) is 4.68 Å². The van der Waals surface area contributed by atoms with Crippen LogP contribution in [-0.4, -0.2) is 34.5 Å². The van der Waals surface area contributed by atoms with Gasteiger partial charge < -0.3 is 14.2 Å². The molecule has 0 saturated carbocycles. The molecule has 4 rings (SSSR count). The van der Waals surface area contributed by atoms with E-state index < -0.39 is 11.6 Å². The van der Waals surface area contributed by atoms with Gasteiger partial charge in [-0.1, -0.05) is 30.3 Å². The molecule has 0 aliphatic rings. The summed E-state index contributed by atoms with van der Waals surface area (Å²) in [5.74, 6) is 0.987. The first kappa shape index (κ1) is 22.3. The van der Waals surface area contributed by atoms with Crippen molar-refractivity contribution in [3.8, 4) is 17.0 Å². The third kappa shape index (κ3) is 4.00. The number of nitrogens with zero attached hydrogens (tertiary/aromatic N) is 4. The number of aromatic nitrogens is 3. The molecule has 0 saturated heterocycles. The maximum atomic E-state index is 13.6. The van der Waals surface area contributed by atoms with Gasteiger partial charge in [0.1, 0.15) is 23.2 Å². The average molecular weight is 447 g/mol. The van der Waals surface area contributed by atoms with E-state index in [9.17, 15) is 9.59 Å². The van der Waals surface area contributed by atoms with Crippen molar-refractivity contribution in [3.63, 3.8) is 0 Å². The van der Waals surface area contributed by atoms with Gasteiger partial charge in [-0.3, -0.25) is 9.59 Å². The zero-order valence-electron chi connectivity index (χ0n) is 19.1. The summed E-state index contributed by atoms with van der Waals surface area (Å²) < 4.78 is 11.8. The van der Waals surface area contributed by atoms with E-state index in [2.05, 4.69) is 10.3 Å². The molecule has 0 N–H and O–H groups in total. The van der Waals surface area contributed by atoms with Crippen molar-refractivity contribution >= 4 is 22.5 Å². The van der Waals surface area contributed by atoms with Crippen LogP contribution in [0, 0.1) is 6.92 Å². The van der Waals surface area contributed by atoms with Crippen LogP contribution in [0.4, 0.5) is 5.69 Å². The second-order valence-corrected chi connectivity index (χ2v) is 7.63. The summed E-state index contributed by atoms with van der Waals surface area (Å²) in [5.41, 5.74) is 1.76. The Balaban J connectivity index is 1.88. The lowest BCUT2D eigenvalue weighted by molar-refractivity contribution is -0.122. The molecule has 0 spiro atoms. The highest BCUT2D eigenvalue weighted by Crippen LogP contribution is 2.30. The molecule has 0 fully saturated rings. The number of methoxy groups -OCH3 is 1. The molecule has 2 aromatic carbocycles. The molecule has 33 heavy (non-hydrogen) atoms. The van der Waals surface area contributed by atoms with Crippen LogP contribution in [0.2, 0.25) is 0 Å². The van der Waals surface area contributed by atoms with Gasteiger partial charge in [0.05, 0.1) is 12.5 Å². The van der Waals surface area contributed by atoms with E-state index in [-0.39, 0.29) is 11.4 Å². The largest absolute Gasteiger partial charge is 0.497 e. The van der Waals surface area contributed by atoms with E-state index in [1.165, 1.54) is 4.68 Å². The summed E-state index contributed by atoms with van der Waals surface area (Å²) >= 11 is 0. The summed E-state index contributed by atoms with van der Waals surface area (Å²) in [5, 5.41) is 9.22. The molecule has 0 aliphatic carbocycles. The standard InChI is InChI=1S/C25H26N4O4/c1-5-20(24(30)28(6-2)18-10-8-7-9-11-18)29-25(31)23-21(16(3)33-27-23)22(26-29)17-12-14-19(32-4)15-13-17/h7-15,20H,5-6H2,1-4H3/t20-/m1/s1. The van der Waals surface area contributed by atoms with Crippen LogP contribution in [0.25, 0.3) is 22.2 Å². The Bertz CT molecular complexity index is 1330. The Hall–Kier alpha value is -3.94. The molecule has 0 bridgehead atoms. The number of benzene rings is 2. The molecule has 2 aromatic heterocycles. The number of carbonyl (C=O) groups is 1. The SMILES string of the molecule is CC[C@H](C(=O)N(CC)c1ccccc1)n1nc(-c2ccc(OC)cc2)c2c(C)onc2c1=O. The first-order chi connectivity index (χ1) is 16.0. The highest BCUT2D eigenvalue weighted by atomic mass is 16.5. The molecular formula is C25H26N4O4. The lowest BCUT2D eigenvalue weighted by Crippen LogP contribution is -2.41. The number of anilines is 1. The fraction of sp³-hybridized carbons (Fsp3) is 0.280.